The van der Waals surface area contributed by atoms with E-state index in [1.807, 2.05) is 30.3 Å². The summed E-state index contributed by atoms with van der Waals surface area (Å²) in [5, 5.41) is 9.31. The third kappa shape index (κ3) is 4.97. The molecule has 0 unspecified atom stereocenters. The molecular weight excluding hydrogens is 378 g/mol. The van der Waals surface area contributed by atoms with Crippen LogP contribution < -0.4 is 20.9 Å². The Labute approximate surface area is 177 Å². The van der Waals surface area contributed by atoms with E-state index in [1.165, 1.54) is 6.42 Å². The maximum Gasteiger partial charge on any atom is 0.257 e. The molecule has 1 saturated carbocycles. The number of carbonyl (C=O) groups is 2. The average Bonchev–Trinajstić information content (AvgIpc) is 2.81. The van der Waals surface area contributed by atoms with Gasteiger partial charge in [-0.05, 0) is 31.0 Å². The highest BCUT2D eigenvalue weighted by molar-refractivity contribution is 6.06. The number of nitrogens with one attached hydrogen (secondary N) is 3. The molecule has 4 rings (SSSR count). The van der Waals surface area contributed by atoms with Gasteiger partial charge in [-0.2, -0.15) is 0 Å². The summed E-state index contributed by atoms with van der Waals surface area (Å²) in [7, 11) is 0. The number of hydrogen-bond acceptors (Lipinski definition) is 5. The number of piperazine rings is 1. The second kappa shape index (κ2) is 9.71. The first kappa shape index (κ1) is 20.3. The maximum atomic E-state index is 12.9. The summed E-state index contributed by atoms with van der Waals surface area (Å²) in [5.41, 5.74) is 1.77. The number of rotatable bonds is 5. The minimum Gasteiger partial charge on any atom is -0.352 e. The number of para-hydroxylation sites is 1. The van der Waals surface area contributed by atoms with Gasteiger partial charge in [0.25, 0.3) is 5.91 Å². The minimum absolute atomic E-state index is 0.0356. The molecule has 0 atom stereocenters. The summed E-state index contributed by atoms with van der Waals surface area (Å²) in [5.74, 6) is 0.565. The van der Waals surface area contributed by atoms with Crippen molar-refractivity contribution in [3.8, 4) is 0 Å². The summed E-state index contributed by atoms with van der Waals surface area (Å²) in [4.78, 5) is 32.4. The third-order valence-electron chi connectivity index (χ3n) is 5.81. The zero-order chi connectivity index (χ0) is 20.8. The van der Waals surface area contributed by atoms with Crippen molar-refractivity contribution in [3.05, 3.63) is 48.2 Å². The SMILES string of the molecule is O=C(Nc1ccccc1)c1cnc(N2CCNCC2)c(NC(=O)C2CCCCC2)c1. The summed E-state index contributed by atoms with van der Waals surface area (Å²) in [6.45, 7) is 3.37. The van der Waals surface area contributed by atoms with Crippen molar-refractivity contribution in [1.29, 1.82) is 0 Å². The molecule has 2 amide bonds. The molecule has 30 heavy (non-hydrogen) atoms. The van der Waals surface area contributed by atoms with Crippen molar-refractivity contribution in [2.24, 2.45) is 5.92 Å². The first-order valence-corrected chi connectivity index (χ1v) is 10.8. The Morgan fingerprint density at radius 1 is 1.00 bits per heavy atom. The van der Waals surface area contributed by atoms with Gasteiger partial charge in [0, 0.05) is 44.0 Å². The van der Waals surface area contributed by atoms with E-state index in [-0.39, 0.29) is 17.7 Å². The predicted octanol–water partition coefficient (Wildman–Crippen LogP) is 3.26. The van der Waals surface area contributed by atoms with Crippen LogP contribution in [0.1, 0.15) is 42.5 Å². The first-order chi connectivity index (χ1) is 14.7. The number of amides is 2. The molecule has 1 aliphatic carbocycles. The van der Waals surface area contributed by atoms with Crippen molar-refractivity contribution >= 4 is 29.0 Å². The van der Waals surface area contributed by atoms with Crippen LogP contribution in [0.3, 0.4) is 0 Å². The molecule has 158 valence electrons. The second-order valence-electron chi connectivity index (χ2n) is 7.98. The number of anilines is 3. The predicted molar refractivity (Wildman–Crippen MR) is 119 cm³/mol. The van der Waals surface area contributed by atoms with Gasteiger partial charge in [0.05, 0.1) is 11.3 Å². The number of nitrogens with zero attached hydrogens (tertiary/aromatic N) is 2. The van der Waals surface area contributed by atoms with Crippen molar-refractivity contribution in [1.82, 2.24) is 10.3 Å². The fraction of sp³-hybridized carbons (Fsp3) is 0.435. The molecule has 7 nitrogen and oxygen atoms in total. The smallest absolute Gasteiger partial charge is 0.257 e. The van der Waals surface area contributed by atoms with Gasteiger partial charge in [0.2, 0.25) is 5.91 Å². The van der Waals surface area contributed by atoms with Crippen molar-refractivity contribution in [3.63, 3.8) is 0 Å². The molecule has 1 saturated heterocycles. The standard InChI is InChI=1S/C23H29N5O2/c29-22(17-7-3-1-4-8-17)27-20-15-18(23(30)26-19-9-5-2-6-10-19)16-25-21(20)28-13-11-24-12-14-28/h2,5-6,9-10,15-17,24H,1,3-4,7-8,11-14H2,(H,26,30)(H,27,29). The van der Waals surface area contributed by atoms with E-state index in [0.29, 0.717) is 11.3 Å². The van der Waals surface area contributed by atoms with E-state index in [0.717, 1.165) is 63.4 Å². The van der Waals surface area contributed by atoms with Crippen LogP contribution in [-0.4, -0.2) is 43.0 Å². The normalized spacial score (nSPS) is 17.4. The molecule has 2 aliphatic rings. The molecule has 0 bridgehead atoms. The number of benzene rings is 1. The monoisotopic (exact) mass is 407 g/mol. The second-order valence-corrected chi connectivity index (χ2v) is 7.98. The maximum absolute atomic E-state index is 12.9. The van der Waals surface area contributed by atoms with Crippen LogP contribution in [0.4, 0.5) is 17.2 Å². The molecule has 7 heteroatoms. The molecule has 2 heterocycles. The Morgan fingerprint density at radius 3 is 2.47 bits per heavy atom. The van der Waals surface area contributed by atoms with Gasteiger partial charge in [-0.15, -0.1) is 0 Å². The Hall–Kier alpha value is -2.93. The van der Waals surface area contributed by atoms with Crippen LogP contribution in [0.5, 0.6) is 0 Å². The summed E-state index contributed by atoms with van der Waals surface area (Å²) < 4.78 is 0. The number of pyridine rings is 1. The van der Waals surface area contributed by atoms with Gasteiger partial charge in [-0.3, -0.25) is 9.59 Å². The van der Waals surface area contributed by atoms with Gasteiger partial charge in [-0.25, -0.2) is 4.98 Å². The first-order valence-electron chi connectivity index (χ1n) is 10.8. The summed E-state index contributed by atoms with van der Waals surface area (Å²) in [6.07, 6.45) is 6.84. The van der Waals surface area contributed by atoms with E-state index in [9.17, 15) is 9.59 Å². The molecular formula is C23H29N5O2. The fourth-order valence-corrected chi connectivity index (χ4v) is 4.13. The van der Waals surface area contributed by atoms with Crippen LogP contribution >= 0.6 is 0 Å². The van der Waals surface area contributed by atoms with Gasteiger partial charge < -0.3 is 20.9 Å². The van der Waals surface area contributed by atoms with E-state index < -0.39 is 0 Å². The molecule has 3 N–H and O–H groups in total. The summed E-state index contributed by atoms with van der Waals surface area (Å²) in [6, 6.07) is 11.1. The molecule has 1 aromatic heterocycles. The number of carbonyl (C=O) groups excluding carboxylic acids is 2. The molecule has 0 radical (unpaired) electrons. The molecule has 0 spiro atoms. The highest BCUT2D eigenvalue weighted by atomic mass is 16.2. The van der Waals surface area contributed by atoms with E-state index in [2.05, 4.69) is 25.8 Å². The topological polar surface area (TPSA) is 86.4 Å². The van der Waals surface area contributed by atoms with Crippen LogP contribution in [0.2, 0.25) is 0 Å². The van der Waals surface area contributed by atoms with Gasteiger partial charge >= 0.3 is 0 Å². The Bertz CT molecular complexity index is 874. The summed E-state index contributed by atoms with van der Waals surface area (Å²) >= 11 is 0. The van der Waals surface area contributed by atoms with Crippen molar-refractivity contribution in [2.75, 3.05) is 41.7 Å². The molecule has 1 aliphatic heterocycles. The zero-order valence-electron chi connectivity index (χ0n) is 17.2. The highest BCUT2D eigenvalue weighted by Crippen LogP contribution is 2.29. The lowest BCUT2D eigenvalue weighted by molar-refractivity contribution is -0.120. The van der Waals surface area contributed by atoms with Crippen molar-refractivity contribution in [2.45, 2.75) is 32.1 Å². The van der Waals surface area contributed by atoms with Gasteiger partial charge in [0.1, 0.15) is 0 Å². The largest absolute Gasteiger partial charge is 0.352 e. The lowest BCUT2D eigenvalue weighted by atomic mass is 9.88. The van der Waals surface area contributed by atoms with Crippen LogP contribution in [0.25, 0.3) is 0 Å². The Balaban J connectivity index is 1.57. The average molecular weight is 408 g/mol. The third-order valence-corrected chi connectivity index (χ3v) is 5.81. The lowest BCUT2D eigenvalue weighted by Gasteiger charge is -2.30. The van der Waals surface area contributed by atoms with Gasteiger partial charge in [0.15, 0.2) is 5.82 Å². The lowest BCUT2D eigenvalue weighted by Crippen LogP contribution is -2.44. The fourth-order valence-electron chi connectivity index (χ4n) is 4.13. The van der Waals surface area contributed by atoms with Gasteiger partial charge in [-0.1, -0.05) is 37.5 Å². The number of hydrogen-bond donors (Lipinski definition) is 3. The quantitative estimate of drug-likeness (QED) is 0.708. The van der Waals surface area contributed by atoms with Crippen molar-refractivity contribution < 1.29 is 9.59 Å². The molecule has 2 aromatic rings. The van der Waals surface area contributed by atoms with E-state index >= 15 is 0 Å². The van der Waals surface area contributed by atoms with E-state index in [1.54, 1.807) is 12.3 Å². The molecule has 2 fully saturated rings. The van der Waals surface area contributed by atoms with Crippen LogP contribution in [0, 0.1) is 5.92 Å². The molecule has 1 aromatic carbocycles. The zero-order valence-corrected chi connectivity index (χ0v) is 17.2. The minimum atomic E-state index is -0.242. The number of aromatic nitrogens is 1. The van der Waals surface area contributed by atoms with Crippen LogP contribution in [0.15, 0.2) is 42.6 Å². The van der Waals surface area contributed by atoms with E-state index in [4.69, 9.17) is 0 Å². The Morgan fingerprint density at radius 2 is 1.73 bits per heavy atom. The van der Waals surface area contributed by atoms with Crippen LogP contribution in [-0.2, 0) is 4.79 Å². The Kier molecular flexibility index (Phi) is 6.59. The highest BCUT2D eigenvalue weighted by Gasteiger charge is 2.24.